The number of nitrogens with one attached hydrogen (secondary N) is 1. The molecule has 0 aliphatic carbocycles. The zero-order chi connectivity index (χ0) is 18.8. The Balaban J connectivity index is 1.76. The van der Waals surface area contributed by atoms with Crippen LogP contribution in [0, 0.1) is 6.92 Å². The molecule has 0 atom stereocenters. The van der Waals surface area contributed by atoms with Crippen molar-refractivity contribution in [3.63, 3.8) is 0 Å². The van der Waals surface area contributed by atoms with Crippen molar-refractivity contribution in [3.8, 4) is 0 Å². The number of aromatic nitrogens is 1. The Morgan fingerprint density at radius 1 is 1.04 bits per heavy atom. The number of carbonyl (C=O) groups excluding carboxylic acids is 1. The summed E-state index contributed by atoms with van der Waals surface area (Å²) in [6, 6.07) is 15.5. The molecular weight excluding hydrogens is 358 g/mol. The van der Waals surface area contributed by atoms with Crippen LogP contribution in [0.1, 0.15) is 35.3 Å². The molecular formula is C22H22ClN3O. The minimum Gasteiger partial charge on any atom is -0.355 e. The third-order valence-corrected chi connectivity index (χ3v) is 5.20. The van der Waals surface area contributed by atoms with Gasteiger partial charge in [0.05, 0.1) is 11.2 Å². The molecule has 2 aromatic carbocycles. The number of hydrogen-bond acceptors (Lipinski definition) is 3. The molecule has 0 spiro atoms. The molecule has 27 heavy (non-hydrogen) atoms. The maximum Gasteiger partial charge on any atom is 0.272 e. The lowest BCUT2D eigenvalue weighted by atomic mass is 10.1. The molecule has 0 bridgehead atoms. The highest BCUT2D eigenvalue weighted by molar-refractivity contribution is 6.30. The first-order chi connectivity index (χ1) is 13.1. The molecule has 1 aliphatic rings. The first kappa shape index (κ1) is 17.8. The molecule has 4 nitrogen and oxygen atoms in total. The monoisotopic (exact) mass is 379 g/mol. The number of piperidine rings is 1. The first-order valence-corrected chi connectivity index (χ1v) is 9.71. The summed E-state index contributed by atoms with van der Waals surface area (Å²) in [4.78, 5) is 19.5. The van der Waals surface area contributed by atoms with Gasteiger partial charge < -0.3 is 10.2 Å². The molecule has 4 rings (SSSR count). The van der Waals surface area contributed by atoms with E-state index in [1.165, 1.54) is 6.42 Å². The van der Waals surface area contributed by atoms with Crippen LogP contribution in [0.3, 0.4) is 0 Å². The van der Waals surface area contributed by atoms with Gasteiger partial charge in [-0.3, -0.25) is 4.79 Å². The highest BCUT2D eigenvalue weighted by atomic mass is 35.5. The Bertz CT molecular complexity index is 979. The molecule has 138 valence electrons. The quantitative estimate of drug-likeness (QED) is 0.647. The highest BCUT2D eigenvalue weighted by Gasteiger charge is 2.21. The highest BCUT2D eigenvalue weighted by Crippen LogP contribution is 2.29. The fourth-order valence-corrected chi connectivity index (χ4v) is 3.63. The van der Waals surface area contributed by atoms with Crippen molar-refractivity contribution in [2.45, 2.75) is 26.2 Å². The number of amides is 1. The number of nitrogens with zero attached hydrogens (tertiary/aromatic N) is 2. The molecule has 0 unspecified atom stereocenters. The molecule has 2 heterocycles. The summed E-state index contributed by atoms with van der Waals surface area (Å²) in [5.74, 6) is 0.0105. The fraction of sp³-hybridized carbons (Fsp3) is 0.273. The summed E-state index contributed by atoms with van der Waals surface area (Å²) in [6.07, 6.45) is 3.32. The second kappa shape index (κ2) is 7.57. The summed E-state index contributed by atoms with van der Waals surface area (Å²) in [7, 11) is 0. The van der Waals surface area contributed by atoms with Gasteiger partial charge in [0.1, 0.15) is 5.69 Å². The summed E-state index contributed by atoms with van der Waals surface area (Å²) >= 11 is 6.00. The van der Waals surface area contributed by atoms with Gasteiger partial charge in [-0.15, -0.1) is 0 Å². The van der Waals surface area contributed by atoms with Crippen molar-refractivity contribution in [1.82, 2.24) is 9.88 Å². The van der Waals surface area contributed by atoms with Gasteiger partial charge in [0.2, 0.25) is 0 Å². The lowest BCUT2D eigenvalue weighted by Gasteiger charge is -2.26. The maximum atomic E-state index is 13.0. The summed E-state index contributed by atoms with van der Waals surface area (Å²) < 4.78 is 0. The Hall–Kier alpha value is -2.59. The number of pyridine rings is 1. The summed E-state index contributed by atoms with van der Waals surface area (Å²) in [5, 5.41) is 5.12. The van der Waals surface area contributed by atoms with Gasteiger partial charge in [-0.2, -0.15) is 0 Å². The van der Waals surface area contributed by atoms with Crippen molar-refractivity contribution in [3.05, 3.63) is 64.8 Å². The van der Waals surface area contributed by atoms with Gasteiger partial charge in [-0.25, -0.2) is 4.98 Å². The molecule has 1 aromatic heterocycles. The van der Waals surface area contributed by atoms with Gasteiger partial charge in [0.25, 0.3) is 5.91 Å². The average Bonchev–Trinajstić information content (AvgIpc) is 2.70. The van der Waals surface area contributed by atoms with E-state index in [2.05, 4.69) is 23.3 Å². The molecule has 1 aliphatic heterocycles. The number of hydrogen-bond donors (Lipinski definition) is 1. The van der Waals surface area contributed by atoms with Gasteiger partial charge >= 0.3 is 0 Å². The van der Waals surface area contributed by atoms with Crippen molar-refractivity contribution >= 4 is 39.8 Å². The lowest BCUT2D eigenvalue weighted by molar-refractivity contribution is 0.0719. The van der Waals surface area contributed by atoms with E-state index >= 15 is 0 Å². The van der Waals surface area contributed by atoms with Crippen LogP contribution in [0.2, 0.25) is 5.02 Å². The van der Waals surface area contributed by atoms with Crippen molar-refractivity contribution in [1.29, 1.82) is 0 Å². The predicted octanol–water partition coefficient (Wildman–Crippen LogP) is 5.57. The molecule has 0 saturated carbocycles. The Labute approximate surface area is 164 Å². The number of carbonyl (C=O) groups is 1. The third-order valence-electron chi connectivity index (χ3n) is 4.95. The van der Waals surface area contributed by atoms with E-state index in [4.69, 9.17) is 11.6 Å². The molecule has 5 heteroatoms. The third kappa shape index (κ3) is 3.91. The number of rotatable bonds is 3. The zero-order valence-electron chi connectivity index (χ0n) is 15.3. The summed E-state index contributed by atoms with van der Waals surface area (Å²) in [6.45, 7) is 3.68. The van der Waals surface area contributed by atoms with Gasteiger partial charge in [0.15, 0.2) is 0 Å². The van der Waals surface area contributed by atoms with E-state index in [1.807, 2.05) is 47.4 Å². The van der Waals surface area contributed by atoms with E-state index < -0.39 is 0 Å². The van der Waals surface area contributed by atoms with E-state index in [0.717, 1.165) is 53.8 Å². The van der Waals surface area contributed by atoms with Crippen LogP contribution in [-0.4, -0.2) is 28.9 Å². The SMILES string of the molecule is Cc1ccc2nc(C(=O)N3CCCCC3)cc(Nc3ccc(Cl)cc3)c2c1. The second-order valence-electron chi connectivity index (χ2n) is 7.06. The molecule has 0 radical (unpaired) electrons. The Kier molecular flexibility index (Phi) is 4.99. The Morgan fingerprint density at radius 2 is 1.78 bits per heavy atom. The molecule has 1 amide bonds. The minimum atomic E-state index is 0.0105. The van der Waals surface area contributed by atoms with Crippen molar-refractivity contribution in [2.24, 2.45) is 0 Å². The van der Waals surface area contributed by atoms with E-state index in [0.29, 0.717) is 10.7 Å². The van der Waals surface area contributed by atoms with E-state index in [-0.39, 0.29) is 5.91 Å². The van der Waals surface area contributed by atoms with Crippen LogP contribution in [0.25, 0.3) is 10.9 Å². The Morgan fingerprint density at radius 3 is 2.52 bits per heavy atom. The molecule has 1 N–H and O–H groups in total. The van der Waals surface area contributed by atoms with Crippen LogP contribution in [0.15, 0.2) is 48.5 Å². The smallest absolute Gasteiger partial charge is 0.272 e. The number of likely N-dealkylation sites (tertiary alicyclic amines) is 1. The minimum absolute atomic E-state index is 0.0105. The normalized spacial score (nSPS) is 14.4. The number of anilines is 2. The van der Waals surface area contributed by atoms with E-state index in [9.17, 15) is 4.79 Å². The van der Waals surface area contributed by atoms with E-state index in [1.54, 1.807) is 0 Å². The van der Waals surface area contributed by atoms with Crippen molar-refractivity contribution in [2.75, 3.05) is 18.4 Å². The first-order valence-electron chi connectivity index (χ1n) is 9.33. The lowest BCUT2D eigenvalue weighted by Crippen LogP contribution is -2.36. The van der Waals surface area contributed by atoms with Gasteiger partial charge in [-0.1, -0.05) is 23.2 Å². The van der Waals surface area contributed by atoms with Crippen LogP contribution >= 0.6 is 11.6 Å². The number of aryl methyl sites for hydroxylation is 1. The van der Waals surface area contributed by atoms with Crippen LogP contribution in [-0.2, 0) is 0 Å². The van der Waals surface area contributed by atoms with Crippen LogP contribution < -0.4 is 5.32 Å². The number of halogens is 1. The molecule has 1 saturated heterocycles. The largest absolute Gasteiger partial charge is 0.355 e. The van der Waals surface area contributed by atoms with Crippen molar-refractivity contribution < 1.29 is 4.79 Å². The van der Waals surface area contributed by atoms with Gasteiger partial charge in [-0.05, 0) is 68.7 Å². The van der Waals surface area contributed by atoms with Gasteiger partial charge in [0, 0.05) is 29.2 Å². The standard InChI is InChI=1S/C22H22ClN3O/c1-15-5-10-19-18(13-15)20(24-17-8-6-16(23)7-9-17)14-21(25-19)22(27)26-11-3-2-4-12-26/h5-10,13-14H,2-4,11-12H2,1H3,(H,24,25). The molecule has 1 fully saturated rings. The summed E-state index contributed by atoms with van der Waals surface area (Å²) in [5.41, 5.74) is 4.26. The predicted molar refractivity (Wildman–Crippen MR) is 111 cm³/mol. The number of benzene rings is 2. The molecule has 3 aromatic rings. The average molecular weight is 380 g/mol. The number of fused-ring (bicyclic) bond motifs is 1. The topological polar surface area (TPSA) is 45.2 Å². The zero-order valence-corrected chi connectivity index (χ0v) is 16.1. The van der Waals surface area contributed by atoms with Crippen LogP contribution in [0.5, 0.6) is 0 Å². The van der Waals surface area contributed by atoms with Crippen LogP contribution in [0.4, 0.5) is 11.4 Å². The second-order valence-corrected chi connectivity index (χ2v) is 7.50. The fourth-order valence-electron chi connectivity index (χ4n) is 3.50. The maximum absolute atomic E-state index is 13.0.